The number of sulfone groups is 1. The molecule has 1 unspecified atom stereocenters. The van der Waals surface area contributed by atoms with Crippen molar-refractivity contribution >= 4 is 9.84 Å². The Morgan fingerprint density at radius 3 is 2.00 bits per heavy atom. The fraction of sp³-hybridized carbons (Fsp3) is 0.538. The molecular formula is C13H15F3O2S. The molecule has 1 saturated carbocycles. The number of alkyl halides is 3. The maximum atomic E-state index is 13.1. The SMILES string of the molecule is O=S(=O)(c1ccc(C2CCCC2)cc1)C(F)C(F)F. The first-order chi connectivity index (χ1) is 8.93. The summed E-state index contributed by atoms with van der Waals surface area (Å²) < 4.78 is 60.5. The van der Waals surface area contributed by atoms with Crippen LogP contribution >= 0.6 is 0 Å². The van der Waals surface area contributed by atoms with Crippen molar-refractivity contribution in [3.8, 4) is 0 Å². The molecule has 106 valence electrons. The molecule has 1 aromatic rings. The largest absolute Gasteiger partial charge is 0.284 e. The average Bonchev–Trinajstić information content (AvgIpc) is 2.91. The first-order valence-corrected chi connectivity index (χ1v) is 7.73. The average molecular weight is 292 g/mol. The highest BCUT2D eigenvalue weighted by Gasteiger charge is 2.35. The van der Waals surface area contributed by atoms with Crippen LogP contribution in [0.5, 0.6) is 0 Å². The first kappa shape index (κ1) is 14.4. The number of benzene rings is 1. The van der Waals surface area contributed by atoms with Gasteiger partial charge in [0.15, 0.2) is 0 Å². The van der Waals surface area contributed by atoms with Crippen molar-refractivity contribution in [2.45, 2.75) is 48.4 Å². The van der Waals surface area contributed by atoms with Crippen LogP contribution in [0.15, 0.2) is 29.2 Å². The molecule has 0 saturated heterocycles. The molecule has 0 bridgehead atoms. The summed E-state index contributed by atoms with van der Waals surface area (Å²) in [6.07, 6.45) is 0.856. The van der Waals surface area contributed by atoms with Crippen LogP contribution in [0.4, 0.5) is 13.2 Å². The van der Waals surface area contributed by atoms with Crippen LogP contribution in [-0.2, 0) is 9.84 Å². The van der Waals surface area contributed by atoms with Gasteiger partial charge in [0.25, 0.3) is 11.9 Å². The van der Waals surface area contributed by atoms with Gasteiger partial charge in [-0.05, 0) is 36.5 Å². The van der Waals surface area contributed by atoms with Crippen LogP contribution in [0.25, 0.3) is 0 Å². The normalized spacial score (nSPS) is 18.9. The van der Waals surface area contributed by atoms with Crippen LogP contribution in [-0.4, -0.2) is 20.3 Å². The minimum absolute atomic E-state index is 0.387. The monoisotopic (exact) mass is 292 g/mol. The van der Waals surface area contributed by atoms with E-state index in [9.17, 15) is 21.6 Å². The molecule has 0 aliphatic heterocycles. The van der Waals surface area contributed by atoms with Crippen molar-refractivity contribution in [1.82, 2.24) is 0 Å². The summed E-state index contributed by atoms with van der Waals surface area (Å²) in [5.41, 5.74) is -2.17. The number of rotatable bonds is 4. The molecule has 1 aromatic carbocycles. The number of halogens is 3. The Labute approximate surface area is 110 Å². The van der Waals surface area contributed by atoms with Gasteiger partial charge in [-0.25, -0.2) is 21.6 Å². The van der Waals surface area contributed by atoms with Gasteiger partial charge in [-0.3, -0.25) is 0 Å². The van der Waals surface area contributed by atoms with E-state index in [4.69, 9.17) is 0 Å². The van der Waals surface area contributed by atoms with E-state index in [1.807, 2.05) is 0 Å². The van der Waals surface area contributed by atoms with E-state index in [0.717, 1.165) is 31.2 Å². The Morgan fingerprint density at radius 1 is 1.00 bits per heavy atom. The highest BCUT2D eigenvalue weighted by Crippen LogP contribution is 2.34. The molecule has 2 nitrogen and oxygen atoms in total. The number of hydrogen-bond acceptors (Lipinski definition) is 2. The van der Waals surface area contributed by atoms with Gasteiger partial charge in [0.1, 0.15) is 0 Å². The maximum Gasteiger partial charge on any atom is 0.284 e. The summed E-state index contributed by atoms with van der Waals surface area (Å²) >= 11 is 0. The fourth-order valence-electron chi connectivity index (χ4n) is 2.45. The predicted molar refractivity (Wildman–Crippen MR) is 65.7 cm³/mol. The first-order valence-electron chi connectivity index (χ1n) is 6.19. The lowest BCUT2D eigenvalue weighted by atomic mass is 9.98. The minimum Gasteiger partial charge on any atom is -0.223 e. The van der Waals surface area contributed by atoms with E-state index in [-0.39, 0.29) is 4.90 Å². The summed E-state index contributed by atoms with van der Waals surface area (Å²) in [6.45, 7) is 0. The Balaban J connectivity index is 2.22. The lowest BCUT2D eigenvalue weighted by Crippen LogP contribution is -2.24. The molecule has 2 rings (SSSR count). The molecule has 1 aliphatic carbocycles. The third kappa shape index (κ3) is 2.94. The van der Waals surface area contributed by atoms with Crippen LogP contribution in [0.2, 0.25) is 0 Å². The van der Waals surface area contributed by atoms with Crippen molar-refractivity contribution < 1.29 is 21.6 Å². The summed E-state index contributed by atoms with van der Waals surface area (Å²) in [4.78, 5) is -0.387. The van der Waals surface area contributed by atoms with E-state index >= 15 is 0 Å². The Bertz CT molecular complexity index is 519. The summed E-state index contributed by atoms with van der Waals surface area (Å²) in [6, 6.07) is 5.64. The van der Waals surface area contributed by atoms with Gasteiger partial charge in [0.05, 0.1) is 4.90 Å². The van der Waals surface area contributed by atoms with Crippen molar-refractivity contribution in [2.24, 2.45) is 0 Å². The third-order valence-electron chi connectivity index (χ3n) is 3.53. The zero-order valence-electron chi connectivity index (χ0n) is 10.2. The van der Waals surface area contributed by atoms with Crippen molar-refractivity contribution in [1.29, 1.82) is 0 Å². The maximum absolute atomic E-state index is 13.1. The van der Waals surface area contributed by atoms with Gasteiger partial charge in [-0.1, -0.05) is 25.0 Å². The van der Waals surface area contributed by atoms with Gasteiger partial charge < -0.3 is 0 Å². The zero-order chi connectivity index (χ0) is 14.0. The van der Waals surface area contributed by atoms with Crippen LogP contribution in [0.1, 0.15) is 37.2 Å². The smallest absolute Gasteiger partial charge is 0.223 e. The van der Waals surface area contributed by atoms with Gasteiger partial charge in [0.2, 0.25) is 9.84 Å². The zero-order valence-corrected chi connectivity index (χ0v) is 11.0. The molecular weight excluding hydrogens is 277 g/mol. The van der Waals surface area contributed by atoms with Gasteiger partial charge in [-0.15, -0.1) is 0 Å². The Kier molecular flexibility index (Phi) is 4.18. The van der Waals surface area contributed by atoms with Crippen LogP contribution < -0.4 is 0 Å². The molecule has 0 radical (unpaired) electrons. The molecule has 0 N–H and O–H groups in total. The van der Waals surface area contributed by atoms with E-state index < -0.39 is 21.8 Å². The molecule has 0 spiro atoms. The quantitative estimate of drug-likeness (QED) is 0.848. The van der Waals surface area contributed by atoms with Crippen molar-refractivity contribution in [2.75, 3.05) is 0 Å². The lowest BCUT2D eigenvalue weighted by molar-refractivity contribution is 0.0902. The van der Waals surface area contributed by atoms with Crippen molar-refractivity contribution in [3.63, 3.8) is 0 Å². The predicted octanol–water partition coefficient (Wildman–Crippen LogP) is 3.68. The molecule has 1 fully saturated rings. The standard InChI is InChI=1S/C13H15F3O2S/c14-12(15)13(16)19(17,18)11-7-5-10(6-8-11)9-3-1-2-4-9/h5-9,12-13H,1-4H2. The second kappa shape index (κ2) is 5.53. The number of hydrogen-bond donors (Lipinski definition) is 0. The highest BCUT2D eigenvalue weighted by atomic mass is 32.2. The lowest BCUT2D eigenvalue weighted by Gasteiger charge is -2.12. The Hall–Kier alpha value is -1.04. The molecule has 1 atom stereocenters. The minimum atomic E-state index is -4.60. The molecule has 0 amide bonds. The van der Waals surface area contributed by atoms with E-state index in [2.05, 4.69) is 0 Å². The van der Waals surface area contributed by atoms with Crippen molar-refractivity contribution in [3.05, 3.63) is 29.8 Å². The van der Waals surface area contributed by atoms with Gasteiger partial charge in [-0.2, -0.15) is 0 Å². The second-order valence-corrected chi connectivity index (χ2v) is 6.79. The van der Waals surface area contributed by atoms with E-state index in [0.29, 0.717) is 5.92 Å². The molecule has 1 aliphatic rings. The Morgan fingerprint density at radius 2 is 1.53 bits per heavy atom. The van der Waals surface area contributed by atoms with E-state index in [1.54, 1.807) is 12.1 Å². The molecule has 0 heterocycles. The van der Waals surface area contributed by atoms with Gasteiger partial charge in [0, 0.05) is 0 Å². The second-order valence-electron chi connectivity index (χ2n) is 4.78. The molecule has 6 heteroatoms. The van der Waals surface area contributed by atoms with E-state index in [1.165, 1.54) is 12.1 Å². The van der Waals surface area contributed by atoms with Gasteiger partial charge >= 0.3 is 0 Å². The highest BCUT2D eigenvalue weighted by molar-refractivity contribution is 7.92. The summed E-state index contributed by atoms with van der Waals surface area (Å²) in [7, 11) is -4.60. The van der Waals surface area contributed by atoms with Crippen LogP contribution in [0, 0.1) is 0 Å². The molecule has 0 aromatic heterocycles. The molecule has 19 heavy (non-hydrogen) atoms. The summed E-state index contributed by atoms with van der Waals surface area (Å²) in [5.74, 6) is 0.396. The summed E-state index contributed by atoms with van der Waals surface area (Å²) in [5, 5.41) is 0. The topological polar surface area (TPSA) is 34.1 Å². The fourth-order valence-corrected chi connectivity index (χ4v) is 3.50. The van der Waals surface area contributed by atoms with Crippen LogP contribution in [0.3, 0.4) is 0 Å². The third-order valence-corrected chi connectivity index (χ3v) is 5.26.